The number of hydrogen-bond donors (Lipinski definition) is 0. The zero-order chi connectivity index (χ0) is 17.6. The van der Waals surface area contributed by atoms with Crippen molar-refractivity contribution < 1.29 is 14.3 Å². The molecule has 0 amide bonds. The van der Waals surface area contributed by atoms with Crippen molar-refractivity contribution in [3.63, 3.8) is 0 Å². The number of ketones is 2. The van der Waals surface area contributed by atoms with Crippen LogP contribution in [0.2, 0.25) is 0 Å². The van der Waals surface area contributed by atoms with E-state index >= 15 is 0 Å². The number of carbonyl (C=O) groups is 2. The van der Waals surface area contributed by atoms with Gasteiger partial charge in [0.25, 0.3) is 0 Å². The van der Waals surface area contributed by atoms with Gasteiger partial charge in [-0.3, -0.25) is 4.79 Å². The summed E-state index contributed by atoms with van der Waals surface area (Å²) in [6.45, 7) is 5.06. The van der Waals surface area contributed by atoms with Crippen molar-refractivity contribution >= 4 is 11.6 Å². The third-order valence-corrected chi connectivity index (χ3v) is 5.44. The van der Waals surface area contributed by atoms with E-state index in [2.05, 4.69) is 4.90 Å². The Bertz CT molecular complexity index is 607. The van der Waals surface area contributed by atoms with Crippen LogP contribution in [0.1, 0.15) is 62.2 Å². The van der Waals surface area contributed by atoms with Crippen molar-refractivity contribution in [2.24, 2.45) is 5.92 Å². The summed E-state index contributed by atoms with van der Waals surface area (Å²) in [4.78, 5) is 26.8. The Morgan fingerprint density at radius 1 is 1.16 bits per heavy atom. The quantitative estimate of drug-likeness (QED) is 0.754. The normalized spacial score (nSPS) is 23.8. The van der Waals surface area contributed by atoms with Crippen LogP contribution in [0.4, 0.5) is 0 Å². The van der Waals surface area contributed by atoms with E-state index in [-0.39, 0.29) is 23.6 Å². The van der Waals surface area contributed by atoms with Gasteiger partial charge in [0, 0.05) is 6.42 Å². The maximum absolute atomic E-state index is 12.9. The highest BCUT2D eigenvalue weighted by atomic mass is 16.5. The molecule has 0 aliphatic carbocycles. The lowest BCUT2D eigenvalue weighted by Gasteiger charge is -2.33. The van der Waals surface area contributed by atoms with Crippen LogP contribution < -0.4 is 4.74 Å². The number of carbonyl (C=O) groups excluding carboxylic acids is 2. The molecule has 2 atom stereocenters. The van der Waals surface area contributed by atoms with Crippen LogP contribution >= 0.6 is 0 Å². The van der Waals surface area contributed by atoms with Gasteiger partial charge in [-0.15, -0.1) is 0 Å². The Labute approximate surface area is 150 Å². The van der Waals surface area contributed by atoms with Crippen LogP contribution in [0.5, 0.6) is 5.75 Å². The van der Waals surface area contributed by atoms with Crippen LogP contribution in [0, 0.1) is 5.92 Å². The molecule has 0 bridgehead atoms. The molecule has 4 heteroatoms. The zero-order valence-corrected chi connectivity index (χ0v) is 15.2. The van der Waals surface area contributed by atoms with Gasteiger partial charge in [0.2, 0.25) is 0 Å². The van der Waals surface area contributed by atoms with Crippen LogP contribution in [0.25, 0.3) is 0 Å². The van der Waals surface area contributed by atoms with Gasteiger partial charge in [-0.05, 0) is 70.8 Å². The molecule has 1 saturated heterocycles. The van der Waals surface area contributed by atoms with E-state index in [1.807, 2.05) is 24.3 Å². The molecule has 3 rings (SSSR count). The lowest BCUT2D eigenvalue weighted by atomic mass is 9.83. The van der Waals surface area contributed by atoms with E-state index < -0.39 is 0 Å². The second-order valence-electron chi connectivity index (χ2n) is 7.41. The van der Waals surface area contributed by atoms with Crippen LogP contribution in [0.3, 0.4) is 0 Å². The van der Waals surface area contributed by atoms with Crippen molar-refractivity contribution in [2.45, 2.75) is 58.0 Å². The summed E-state index contributed by atoms with van der Waals surface area (Å²) >= 11 is 0. The SMILES string of the molecule is CC(=O)CCC1C(=O)c2ccccc2OC1CCCN1CCCCC1. The Morgan fingerprint density at radius 2 is 1.92 bits per heavy atom. The van der Waals surface area contributed by atoms with Crippen molar-refractivity contribution in [3.05, 3.63) is 29.8 Å². The Kier molecular flexibility index (Phi) is 6.24. The highest BCUT2D eigenvalue weighted by molar-refractivity contribution is 6.01. The second-order valence-corrected chi connectivity index (χ2v) is 7.41. The number of piperidine rings is 1. The van der Waals surface area contributed by atoms with E-state index in [1.54, 1.807) is 6.92 Å². The molecule has 2 heterocycles. The molecule has 0 aromatic heterocycles. The van der Waals surface area contributed by atoms with Gasteiger partial charge in [0.05, 0.1) is 11.5 Å². The summed E-state index contributed by atoms with van der Waals surface area (Å²) in [7, 11) is 0. The maximum atomic E-state index is 12.9. The van der Waals surface area contributed by atoms with Crippen LogP contribution in [0.15, 0.2) is 24.3 Å². The minimum absolute atomic E-state index is 0.105. The van der Waals surface area contributed by atoms with E-state index in [0.717, 1.165) is 19.4 Å². The highest BCUT2D eigenvalue weighted by Crippen LogP contribution is 2.34. The number of benzene rings is 1. The summed E-state index contributed by atoms with van der Waals surface area (Å²) in [5.41, 5.74) is 0.670. The number of likely N-dealkylation sites (tertiary alicyclic amines) is 1. The number of nitrogens with zero attached hydrogens (tertiary/aromatic N) is 1. The topological polar surface area (TPSA) is 46.6 Å². The average molecular weight is 343 g/mol. The van der Waals surface area contributed by atoms with Crippen molar-refractivity contribution in [1.82, 2.24) is 4.90 Å². The molecule has 1 aromatic rings. The summed E-state index contributed by atoms with van der Waals surface area (Å²) in [5, 5.41) is 0. The first-order valence-electron chi connectivity index (χ1n) is 9.67. The predicted molar refractivity (Wildman–Crippen MR) is 98.1 cm³/mol. The van der Waals surface area contributed by atoms with E-state index in [9.17, 15) is 9.59 Å². The molecule has 25 heavy (non-hydrogen) atoms. The highest BCUT2D eigenvalue weighted by Gasteiger charge is 2.36. The summed E-state index contributed by atoms with van der Waals surface area (Å²) in [6.07, 6.45) is 6.80. The molecule has 2 aliphatic heterocycles. The van der Waals surface area contributed by atoms with E-state index in [4.69, 9.17) is 4.74 Å². The molecular formula is C21H29NO3. The number of para-hydroxylation sites is 1. The average Bonchev–Trinajstić information content (AvgIpc) is 2.62. The van der Waals surface area contributed by atoms with Crippen molar-refractivity contribution in [3.8, 4) is 5.75 Å². The number of Topliss-reactive ketones (excluding diaryl/α,β-unsaturated/α-hetero) is 2. The number of ether oxygens (including phenoxy) is 1. The van der Waals surface area contributed by atoms with Crippen LogP contribution in [-0.2, 0) is 4.79 Å². The summed E-state index contributed by atoms with van der Waals surface area (Å²) in [5.74, 6) is 0.791. The minimum atomic E-state index is -0.194. The molecule has 2 unspecified atom stereocenters. The third kappa shape index (κ3) is 4.69. The van der Waals surface area contributed by atoms with Gasteiger partial charge >= 0.3 is 0 Å². The molecule has 136 valence electrons. The van der Waals surface area contributed by atoms with Crippen molar-refractivity contribution in [2.75, 3.05) is 19.6 Å². The van der Waals surface area contributed by atoms with Gasteiger partial charge in [-0.25, -0.2) is 0 Å². The first-order chi connectivity index (χ1) is 12.1. The summed E-state index contributed by atoms with van der Waals surface area (Å²) in [6, 6.07) is 7.50. The second kappa shape index (κ2) is 8.61. The van der Waals surface area contributed by atoms with Gasteiger partial charge in [-0.2, -0.15) is 0 Å². The molecule has 1 aromatic carbocycles. The predicted octanol–water partition coefficient (Wildman–Crippen LogP) is 3.88. The largest absolute Gasteiger partial charge is 0.489 e. The number of fused-ring (bicyclic) bond motifs is 1. The Hall–Kier alpha value is -1.68. The number of rotatable bonds is 7. The Balaban J connectivity index is 1.63. The molecule has 0 spiro atoms. The fraction of sp³-hybridized carbons (Fsp3) is 0.619. The molecule has 4 nitrogen and oxygen atoms in total. The monoisotopic (exact) mass is 343 g/mol. The first-order valence-corrected chi connectivity index (χ1v) is 9.67. The smallest absolute Gasteiger partial charge is 0.173 e. The van der Waals surface area contributed by atoms with Gasteiger partial charge in [0.15, 0.2) is 5.78 Å². The van der Waals surface area contributed by atoms with Gasteiger partial charge in [-0.1, -0.05) is 18.6 Å². The molecule has 0 radical (unpaired) electrons. The van der Waals surface area contributed by atoms with Crippen LogP contribution in [-0.4, -0.2) is 42.2 Å². The lowest BCUT2D eigenvalue weighted by Crippen LogP contribution is -2.39. The van der Waals surface area contributed by atoms with Gasteiger partial charge < -0.3 is 14.4 Å². The lowest BCUT2D eigenvalue weighted by molar-refractivity contribution is -0.117. The molecule has 2 aliphatic rings. The maximum Gasteiger partial charge on any atom is 0.173 e. The fourth-order valence-corrected chi connectivity index (χ4v) is 4.02. The standard InChI is InChI=1S/C21H29NO3/c1-16(23)11-12-18-20(10-7-15-22-13-5-2-6-14-22)25-19-9-4-3-8-17(19)21(18)24/h3-4,8-9,18,20H,2,5-7,10-15H2,1H3. The Morgan fingerprint density at radius 3 is 2.68 bits per heavy atom. The first kappa shape index (κ1) is 18.1. The molecule has 0 saturated carbocycles. The van der Waals surface area contributed by atoms with Gasteiger partial charge in [0.1, 0.15) is 17.6 Å². The van der Waals surface area contributed by atoms with E-state index in [0.29, 0.717) is 24.2 Å². The minimum Gasteiger partial charge on any atom is -0.489 e. The molecular weight excluding hydrogens is 314 g/mol. The number of hydrogen-bond acceptors (Lipinski definition) is 4. The van der Waals surface area contributed by atoms with E-state index in [1.165, 1.54) is 32.4 Å². The fourth-order valence-electron chi connectivity index (χ4n) is 4.02. The molecule has 1 fully saturated rings. The molecule has 0 N–H and O–H groups in total. The zero-order valence-electron chi connectivity index (χ0n) is 15.2. The summed E-state index contributed by atoms with van der Waals surface area (Å²) < 4.78 is 6.19. The van der Waals surface area contributed by atoms with Crippen molar-refractivity contribution in [1.29, 1.82) is 0 Å². The third-order valence-electron chi connectivity index (χ3n) is 5.44.